The number of hydrogen-bond acceptors (Lipinski definition) is 7. The molecule has 0 aromatic rings. The Morgan fingerprint density at radius 2 is 0.640 bits per heavy atom. The minimum atomic E-state index is -1.52. The highest BCUT2D eigenvalue weighted by Gasteiger charge is 2.25. The van der Waals surface area contributed by atoms with Crippen LogP contribution in [0, 0.1) is 0 Å². The number of ether oxygens (including phenoxy) is 4. The van der Waals surface area contributed by atoms with Gasteiger partial charge in [-0.05, 0) is 64.2 Å². The van der Waals surface area contributed by atoms with Crippen LogP contribution in [0.1, 0.15) is 361 Å². The summed E-state index contributed by atoms with van der Waals surface area (Å²) in [5.41, 5.74) is 0. The molecule has 0 aliphatic rings. The molecule has 9 heteroatoms. The van der Waals surface area contributed by atoms with E-state index in [0.717, 1.165) is 83.5 Å². The van der Waals surface area contributed by atoms with Crippen molar-refractivity contribution < 1.29 is 42.9 Å². The SMILES string of the molecule is CC/C=C\C/C=C\C/C=C\C/C=C\C/C=C\C/C=C\CCCCCCC(=O)OC(COC(=O)CCCCCCCCCCCCCCCCCCCCCCCCCCCCCCCCCCCCCCCCCCC)COC(OCC[N+](C)(C)C)C(=O)O. The van der Waals surface area contributed by atoms with Gasteiger partial charge in [0.25, 0.3) is 6.29 Å². The molecule has 0 bridgehead atoms. The van der Waals surface area contributed by atoms with Crippen molar-refractivity contribution in [2.75, 3.05) is 47.5 Å². The predicted octanol–water partition coefficient (Wildman–Crippen LogP) is 24.0. The number of carbonyl (C=O) groups excluding carboxylic acids is 2. The number of carbonyl (C=O) groups is 3. The number of hydrogen-bond donors (Lipinski definition) is 1. The summed E-state index contributed by atoms with van der Waals surface area (Å²) in [6.07, 6.45) is 92.1. The molecule has 0 fully saturated rings. The lowest BCUT2D eigenvalue weighted by Gasteiger charge is -2.25. The van der Waals surface area contributed by atoms with Gasteiger partial charge < -0.3 is 28.5 Å². The monoisotopic (exact) mass is 1250 g/mol. The molecule has 0 spiro atoms. The van der Waals surface area contributed by atoms with Gasteiger partial charge in [-0.15, -0.1) is 0 Å². The van der Waals surface area contributed by atoms with Gasteiger partial charge in [0.1, 0.15) is 13.2 Å². The van der Waals surface area contributed by atoms with Crippen LogP contribution < -0.4 is 0 Å². The van der Waals surface area contributed by atoms with E-state index in [1.165, 1.54) is 244 Å². The van der Waals surface area contributed by atoms with Gasteiger partial charge in [0, 0.05) is 12.8 Å². The van der Waals surface area contributed by atoms with Crippen LogP contribution in [0.3, 0.4) is 0 Å². The van der Waals surface area contributed by atoms with Gasteiger partial charge in [0.15, 0.2) is 6.10 Å². The number of quaternary nitrogens is 1. The third kappa shape index (κ3) is 72.0. The fraction of sp³-hybridized carbons (Fsp3) is 0.812. The zero-order valence-corrected chi connectivity index (χ0v) is 59.3. The zero-order valence-electron chi connectivity index (χ0n) is 59.3. The van der Waals surface area contributed by atoms with Crippen LogP contribution in [0.4, 0.5) is 0 Å². The lowest BCUT2D eigenvalue weighted by molar-refractivity contribution is -0.870. The first-order chi connectivity index (χ1) is 43.6. The van der Waals surface area contributed by atoms with Crippen molar-refractivity contribution >= 4 is 17.9 Å². The van der Waals surface area contributed by atoms with E-state index in [9.17, 15) is 19.5 Å². The minimum absolute atomic E-state index is 0.180. The molecule has 2 unspecified atom stereocenters. The maximum atomic E-state index is 12.9. The molecule has 0 aromatic carbocycles. The molecule has 0 saturated heterocycles. The number of esters is 2. The van der Waals surface area contributed by atoms with Gasteiger partial charge in [0.05, 0.1) is 34.4 Å². The number of allylic oxidation sites excluding steroid dienone is 12. The smallest absolute Gasteiger partial charge is 0.361 e. The number of rotatable bonds is 71. The molecular formula is C80H146NO8+. The van der Waals surface area contributed by atoms with E-state index in [1.54, 1.807) is 0 Å². The van der Waals surface area contributed by atoms with Gasteiger partial charge >= 0.3 is 17.9 Å². The molecule has 518 valence electrons. The third-order valence-corrected chi connectivity index (χ3v) is 17.0. The Morgan fingerprint density at radius 1 is 0.348 bits per heavy atom. The van der Waals surface area contributed by atoms with Crippen molar-refractivity contribution in [1.29, 1.82) is 0 Å². The van der Waals surface area contributed by atoms with Crippen molar-refractivity contribution in [3.8, 4) is 0 Å². The Kier molecular flexibility index (Phi) is 68.0. The van der Waals surface area contributed by atoms with Gasteiger partial charge in [-0.1, -0.05) is 356 Å². The molecule has 2 atom stereocenters. The summed E-state index contributed by atoms with van der Waals surface area (Å²) < 4.78 is 23.0. The van der Waals surface area contributed by atoms with E-state index < -0.39 is 24.3 Å². The second-order valence-corrected chi connectivity index (χ2v) is 26.9. The second-order valence-electron chi connectivity index (χ2n) is 26.9. The van der Waals surface area contributed by atoms with E-state index in [4.69, 9.17) is 18.9 Å². The number of aliphatic carboxylic acids is 1. The van der Waals surface area contributed by atoms with Crippen LogP contribution in [-0.2, 0) is 33.3 Å². The van der Waals surface area contributed by atoms with Crippen LogP contribution >= 0.6 is 0 Å². The average Bonchev–Trinajstić information content (AvgIpc) is 3.64. The topological polar surface area (TPSA) is 108 Å². The Bertz CT molecular complexity index is 1690. The second kappa shape index (κ2) is 70.6. The van der Waals surface area contributed by atoms with Crippen molar-refractivity contribution in [1.82, 2.24) is 0 Å². The van der Waals surface area contributed by atoms with E-state index in [2.05, 4.69) is 86.8 Å². The number of carboxylic acids is 1. The summed E-state index contributed by atoms with van der Waals surface area (Å²) in [5, 5.41) is 9.75. The number of unbranched alkanes of at least 4 members (excludes halogenated alkanes) is 44. The van der Waals surface area contributed by atoms with Gasteiger partial charge in [-0.2, -0.15) is 0 Å². The van der Waals surface area contributed by atoms with E-state index >= 15 is 0 Å². The largest absolute Gasteiger partial charge is 0.477 e. The predicted molar refractivity (Wildman–Crippen MR) is 383 cm³/mol. The van der Waals surface area contributed by atoms with Crippen LogP contribution in [0.5, 0.6) is 0 Å². The first-order valence-electron chi connectivity index (χ1n) is 38.1. The van der Waals surface area contributed by atoms with E-state index in [-0.39, 0.29) is 32.2 Å². The van der Waals surface area contributed by atoms with Crippen LogP contribution in [-0.4, -0.2) is 87.4 Å². The lowest BCUT2D eigenvalue weighted by Crippen LogP contribution is -2.40. The maximum Gasteiger partial charge on any atom is 0.361 e. The first kappa shape index (κ1) is 85.7. The van der Waals surface area contributed by atoms with Crippen molar-refractivity contribution in [2.24, 2.45) is 0 Å². The number of likely N-dealkylation sites (N-methyl/N-ethyl adjacent to an activating group) is 1. The molecule has 0 radical (unpaired) electrons. The number of nitrogens with zero attached hydrogens (tertiary/aromatic N) is 1. The quantitative estimate of drug-likeness (QED) is 0.0211. The Balaban J connectivity index is 3.96. The zero-order chi connectivity index (χ0) is 64.7. The third-order valence-electron chi connectivity index (χ3n) is 17.0. The van der Waals surface area contributed by atoms with E-state index in [1.807, 2.05) is 21.1 Å². The fourth-order valence-corrected chi connectivity index (χ4v) is 11.2. The first-order valence-corrected chi connectivity index (χ1v) is 38.1. The molecule has 0 aromatic heterocycles. The molecule has 9 nitrogen and oxygen atoms in total. The molecule has 0 heterocycles. The highest BCUT2D eigenvalue weighted by molar-refractivity contribution is 5.71. The van der Waals surface area contributed by atoms with Crippen molar-refractivity contribution in [3.63, 3.8) is 0 Å². The lowest BCUT2D eigenvalue weighted by atomic mass is 10.0. The summed E-state index contributed by atoms with van der Waals surface area (Å²) in [6.45, 7) is 4.78. The fourth-order valence-electron chi connectivity index (χ4n) is 11.2. The Hall–Kier alpha value is -3.27. The van der Waals surface area contributed by atoms with Crippen molar-refractivity contribution in [3.05, 3.63) is 72.9 Å². The van der Waals surface area contributed by atoms with Crippen LogP contribution in [0.15, 0.2) is 72.9 Å². The number of carboxylic acid groups (broad SMARTS) is 1. The van der Waals surface area contributed by atoms with Crippen LogP contribution in [0.2, 0.25) is 0 Å². The summed E-state index contributed by atoms with van der Waals surface area (Å²) in [6, 6.07) is 0. The Morgan fingerprint density at radius 3 is 0.955 bits per heavy atom. The molecular weight excluding hydrogens is 1100 g/mol. The molecule has 1 N–H and O–H groups in total. The molecule has 89 heavy (non-hydrogen) atoms. The normalized spacial score (nSPS) is 13.0. The van der Waals surface area contributed by atoms with Gasteiger partial charge in [-0.25, -0.2) is 4.79 Å². The summed E-state index contributed by atoms with van der Waals surface area (Å²) in [7, 11) is 5.97. The molecule has 0 saturated carbocycles. The van der Waals surface area contributed by atoms with Crippen LogP contribution in [0.25, 0.3) is 0 Å². The molecule has 0 aliphatic carbocycles. The maximum absolute atomic E-state index is 12.9. The van der Waals surface area contributed by atoms with Crippen molar-refractivity contribution in [2.45, 2.75) is 373 Å². The average molecular weight is 1250 g/mol. The summed E-state index contributed by atoms with van der Waals surface area (Å²) >= 11 is 0. The minimum Gasteiger partial charge on any atom is -0.477 e. The molecule has 0 amide bonds. The summed E-state index contributed by atoms with van der Waals surface area (Å²) in [4.78, 5) is 37.6. The molecule has 0 aliphatic heterocycles. The highest BCUT2D eigenvalue weighted by Crippen LogP contribution is 2.19. The molecule has 0 rings (SSSR count). The van der Waals surface area contributed by atoms with Gasteiger partial charge in [-0.3, -0.25) is 9.59 Å². The van der Waals surface area contributed by atoms with Gasteiger partial charge in [0.2, 0.25) is 0 Å². The summed E-state index contributed by atoms with van der Waals surface area (Å²) in [5.74, 6) is -2.03. The van der Waals surface area contributed by atoms with E-state index in [0.29, 0.717) is 23.9 Å². The highest BCUT2D eigenvalue weighted by atomic mass is 16.7. The standard InChI is InChI=1S/C80H145NO8/c1-6-8-10-12-14-16-18-20-22-24-26-28-30-31-32-33-34-35-36-37-38-39-40-41-42-43-44-45-46-47-49-50-52-54-56-58-60-62-64-66-68-70-77(82)87-74-76(75-88-80(79(84)85)86-73-72-81(3,4)5)89-78(83)71-69-67-65-63-61-59-57-55-53-51-48-29-27-25-23-21-19-17-15-13-11-9-7-2/h9,11,15,17,21,23,27,29,51,53,57,59,76,80H,6-8,10,12-14,16,18-20,22,24-26,28,30-50,52,54-56,58,60-75H2,1-5H3/p+1/b11-9-,17-15-,23-21-,29-27-,53-51-,59-57-. The Labute approximate surface area is 551 Å².